The van der Waals surface area contributed by atoms with E-state index in [1.807, 2.05) is 13.2 Å². The van der Waals surface area contributed by atoms with Crippen molar-refractivity contribution >= 4 is 27.6 Å². The van der Waals surface area contributed by atoms with Crippen molar-refractivity contribution in [1.29, 1.82) is 0 Å². The van der Waals surface area contributed by atoms with Crippen LogP contribution in [0.4, 0.5) is 5.82 Å². The van der Waals surface area contributed by atoms with Gasteiger partial charge in [0.05, 0.1) is 0 Å². The molecule has 1 aromatic heterocycles. The van der Waals surface area contributed by atoms with Crippen LogP contribution in [0.5, 0.6) is 0 Å². The average Bonchev–Trinajstić information content (AvgIpc) is 2.36. The zero-order valence-electron chi connectivity index (χ0n) is 11.5. The maximum absolute atomic E-state index is 12.1. The van der Waals surface area contributed by atoms with Crippen molar-refractivity contribution in [2.45, 2.75) is 31.2 Å². The van der Waals surface area contributed by atoms with E-state index in [9.17, 15) is 8.42 Å². The molecular formula is C12H21N3O2S2. The van der Waals surface area contributed by atoms with E-state index in [1.165, 1.54) is 6.20 Å². The third kappa shape index (κ3) is 5.38. The largest absolute Gasteiger partial charge is 0.370 e. The Balaban J connectivity index is 2.73. The molecule has 0 radical (unpaired) electrons. The Morgan fingerprint density at radius 3 is 2.68 bits per heavy atom. The van der Waals surface area contributed by atoms with Crippen LogP contribution in [0, 0.1) is 0 Å². The Morgan fingerprint density at radius 1 is 1.42 bits per heavy atom. The summed E-state index contributed by atoms with van der Waals surface area (Å²) in [4.78, 5) is 4.30. The molecule has 0 amide bonds. The second-order valence-electron chi connectivity index (χ2n) is 4.28. The molecule has 0 bridgehead atoms. The van der Waals surface area contributed by atoms with E-state index >= 15 is 0 Å². The number of thioether (sulfide) groups is 1. The molecule has 0 aliphatic rings. The molecule has 108 valence electrons. The maximum Gasteiger partial charge on any atom is 0.242 e. The number of nitrogens with one attached hydrogen (secondary N) is 2. The number of rotatable bonds is 8. The third-order valence-corrected chi connectivity index (χ3v) is 4.78. The molecule has 1 heterocycles. The minimum atomic E-state index is -3.47. The first-order chi connectivity index (χ1) is 8.99. The molecule has 0 saturated carbocycles. The molecule has 2 N–H and O–H groups in total. The normalized spacial score (nSPS) is 13.2. The Labute approximate surface area is 119 Å². The predicted octanol–water partition coefficient (Wildman–Crippen LogP) is 1.93. The summed E-state index contributed by atoms with van der Waals surface area (Å²) in [6.45, 7) is 4.73. The second-order valence-corrected chi connectivity index (χ2v) is 6.91. The molecule has 19 heavy (non-hydrogen) atoms. The van der Waals surface area contributed by atoms with Crippen LogP contribution in [0.25, 0.3) is 0 Å². The number of pyridine rings is 1. The summed E-state index contributed by atoms with van der Waals surface area (Å²) < 4.78 is 26.8. The van der Waals surface area contributed by atoms with Crippen molar-refractivity contribution in [3.05, 3.63) is 18.3 Å². The van der Waals surface area contributed by atoms with Gasteiger partial charge in [-0.2, -0.15) is 11.8 Å². The molecule has 0 spiro atoms. The van der Waals surface area contributed by atoms with E-state index < -0.39 is 10.0 Å². The van der Waals surface area contributed by atoms with Crippen LogP contribution in [0.2, 0.25) is 0 Å². The lowest BCUT2D eigenvalue weighted by molar-refractivity contribution is 0.570. The maximum atomic E-state index is 12.1. The fourth-order valence-electron chi connectivity index (χ4n) is 1.51. The zero-order chi connectivity index (χ0) is 14.3. The number of sulfonamides is 1. The van der Waals surface area contributed by atoms with Crippen molar-refractivity contribution in [1.82, 2.24) is 9.71 Å². The van der Waals surface area contributed by atoms with Gasteiger partial charge in [0.25, 0.3) is 0 Å². The van der Waals surface area contributed by atoms with Crippen molar-refractivity contribution in [2.75, 3.05) is 23.9 Å². The van der Waals surface area contributed by atoms with E-state index in [-0.39, 0.29) is 10.9 Å². The molecule has 0 saturated heterocycles. The standard InChI is InChI=1S/C12H21N3O2S2/c1-4-7-13-12-6-5-11(8-14-12)19(16,17)15-10(2)9-18-3/h5-6,8,10,15H,4,7,9H2,1-3H3,(H,13,14). The molecule has 1 unspecified atom stereocenters. The number of aromatic nitrogens is 1. The third-order valence-electron chi connectivity index (χ3n) is 2.38. The molecule has 1 atom stereocenters. The van der Waals surface area contributed by atoms with Crippen molar-refractivity contribution in [3.63, 3.8) is 0 Å². The van der Waals surface area contributed by atoms with Gasteiger partial charge in [0.1, 0.15) is 10.7 Å². The first-order valence-electron chi connectivity index (χ1n) is 6.20. The van der Waals surface area contributed by atoms with Crippen molar-refractivity contribution in [2.24, 2.45) is 0 Å². The smallest absolute Gasteiger partial charge is 0.242 e. The first kappa shape index (κ1) is 16.3. The highest BCUT2D eigenvalue weighted by molar-refractivity contribution is 7.98. The number of hydrogen-bond donors (Lipinski definition) is 2. The molecule has 7 heteroatoms. The first-order valence-corrected chi connectivity index (χ1v) is 9.08. The predicted molar refractivity (Wildman–Crippen MR) is 81.2 cm³/mol. The summed E-state index contributed by atoms with van der Waals surface area (Å²) in [6.07, 6.45) is 4.32. The Bertz CT molecular complexity index is 474. The summed E-state index contributed by atoms with van der Waals surface area (Å²) in [6, 6.07) is 3.15. The summed E-state index contributed by atoms with van der Waals surface area (Å²) in [5, 5.41) is 3.10. The SMILES string of the molecule is CCCNc1ccc(S(=O)(=O)NC(C)CSC)cn1. The average molecular weight is 303 g/mol. The number of nitrogens with zero attached hydrogens (tertiary/aromatic N) is 1. The Morgan fingerprint density at radius 2 is 2.16 bits per heavy atom. The van der Waals surface area contributed by atoms with E-state index in [1.54, 1.807) is 23.9 Å². The van der Waals surface area contributed by atoms with E-state index in [0.29, 0.717) is 5.82 Å². The lowest BCUT2D eigenvalue weighted by Crippen LogP contribution is -2.34. The molecule has 0 aromatic carbocycles. The second kappa shape index (κ2) is 7.72. The molecule has 0 aliphatic heterocycles. The fourth-order valence-corrected chi connectivity index (χ4v) is 3.39. The van der Waals surface area contributed by atoms with Gasteiger partial charge < -0.3 is 5.32 Å². The van der Waals surface area contributed by atoms with Gasteiger partial charge in [-0.05, 0) is 31.7 Å². The molecule has 5 nitrogen and oxygen atoms in total. The fraction of sp³-hybridized carbons (Fsp3) is 0.583. The lowest BCUT2D eigenvalue weighted by atomic mass is 10.4. The van der Waals surface area contributed by atoms with E-state index in [4.69, 9.17) is 0 Å². The molecule has 1 aromatic rings. The molecule has 0 aliphatic carbocycles. The molecule has 0 fully saturated rings. The van der Waals surface area contributed by atoms with Crippen LogP contribution in [0.3, 0.4) is 0 Å². The highest BCUT2D eigenvalue weighted by Crippen LogP contribution is 2.11. The van der Waals surface area contributed by atoms with Crippen LogP contribution in [-0.4, -0.2) is 38.0 Å². The zero-order valence-corrected chi connectivity index (χ0v) is 13.1. The van der Waals surface area contributed by atoms with Gasteiger partial charge in [-0.1, -0.05) is 6.92 Å². The number of hydrogen-bond acceptors (Lipinski definition) is 5. The molecule has 1 rings (SSSR count). The topological polar surface area (TPSA) is 71.1 Å². The minimum Gasteiger partial charge on any atom is -0.370 e. The Hall–Kier alpha value is -0.790. The summed E-state index contributed by atoms with van der Waals surface area (Å²) in [5.41, 5.74) is 0. The van der Waals surface area contributed by atoms with Crippen molar-refractivity contribution in [3.8, 4) is 0 Å². The highest BCUT2D eigenvalue weighted by atomic mass is 32.2. The van der Waals surface area contributed by atoms with Gasteiger partial charge in [0.2, 0.25) is 10.0 Å². The minimum absolute atomic E-state index is 0.0992. The van der Waals surface area contributed by atoms with Crippen LogP contribution in [-0.2, 0) is 10.0 Å². The van der Waals surface area contributed by atoms with Crippen LogP contribution >= 0.6 is 11.8 Å². The monoisotopic (exact) mass is 303 g/mol. The van der Waals surface area contributed by atoms with Crippen LogP contribution in [0.1, 0.15) is 20.3 Å². The van der Waals surface area contributed by atoms with Crippen LogP contribution < -0.4 is 10.0 Å². The summed E-state index contributed by atoms with van der Waals surface area (Å²) in [5.74, 6) is 1.43. The lowest BCUT2D eigenvalue weighted by Gasteiger charge is -2.13. The number of anilines is 1. The summed E-state index contributed by atoms with van der Waals surface area (Å²) >= 11 is 1.60. The molecular weight excluding hydrogens is 282 g/mol. The van der Waals surface area contributed by atoms with Crippen molar-refractivity contribution < 1.29 is 8.42 Å². The summed E-state index contributed by atoms with van der Waals surface area (Å²) in [7, 11) is -3.47. The van der Waals surface area contributed by atoms with Crippen LogP contribution in [0.15, 0.2) is 23.2 Å². The van der Waals surface area contributed by atoms with Gasteiger partial charge in [0.15, 0.2) is 0 Å². The van der Waals surface area contributed by atoms with E-state index in [0.717, 1.165) is 18.7 Å². The Kier molecular flexibility index (Phi) is 6.60. The van der Waals surface area contributed by atoms with Gasteiger partial charge in [-0.3, -0.25) is 0 Å². The van der Waals surface area contributed by atoms with Gasteiger partial charge in [-0.25, -0.2) is 18.1 Å². The van der Waals surface area contributed by atoms with Gasteiger partial charge in [0, 0.05) is 24.5 Å². The van der Waals surface area contributed by atoms with E-state index in [2.05, 4.69) is 21.9 Å². The highest BCUT2D eigenvalue weighted by Gasteiger charge is 2.17. The quantitative estimate of drug-likeness (QED) is 0.768. The van der Waals surface area contributed by atoms with Gasteiger partial charge in [-0.15, -0.1) is 0 Å². The van der Waals surface area contributed by atoms with Gasteiger partial charge >= 0.3 is 0 Å².